The lowest BCUT2D eigenvalue weighted by Crippen LogP contribution is -2.23. The zero-order chi connectivity index (χ0) is 11.1. The molecule has 2 N–H and O–H groups in total. The van der Waals surface area contributed by atoms with Gasteiger partial charge in [0.25, 0.3) is 0 Å². The number of aliphatic hydroxyl groups excluding tert-OH is 1. The van der Waals surface area contributed by atoms with Crippen LogP contribution in [0.1, 0.15) is 24.5 Å². The molecule has 1 aromatic carbocycles. The number of aliphatic hydroxyl groups is 1. The van der Waals surface area contributed by atoms with Crippen LogP contribution in [0.3, 0.4) is 0 Å². The first-order chi connectivity index (χ1) is 7.06. The number of halogens is 1. The molecule has 0 aromatic heterocycles. The molecular formula is C11H11ClO3. The lowest BCUT2D eigenvalue weighted by atomic mass is 9.93. The van der Waals surface area contributed by atoms with Gasteiger partial charge in [0.05, 0.1) is 11.5 Å². The molecule has 0 bridgehead atoms. The minimum Gasteiger partial charge on any atom is -0.481 e. The number of benzene rings is 1. The van der Waals surface area contributed by atoms with E-state index in [0.717, 1.165) is 0 Å². The van der Waals surface area contributed by atoms with Gasteiger partial charge in [0.15, 0.2) is 0 Å². The summed E-state index contributed by atoms with van der Waals surface area (Å²) in [6.45, 7) is 0. The van der Waals surface area contributed by atoms with Crippen LogP contribution in [-0.2, 0) is 4.79 Å². The maximum absolute atomic E-state index is 11.0. The topological polar surface area (TPSA) is 57.5 Å². The quantitative estimate of drug-likeness (QED) is 0.831. The molecule has 1 atom stereocenters. The summed E-state index contributed by atoms with van der Waals surface area (Å²) in [7, 11) is 0. The Bertz CT molecular complexity index is 399. The van der Waals surface area contributed by atoms with Gasteiger partial charge in [-0.25, -0.2) is 0 Å². The van der Waals surface area contributed by atoms with E-state index in [-0.39, 0.29) is 0 Å². The van der Waals surface area contributed by atoms with E-state index in [1.165, 1.54) is 0 Å². The van der Waals surface area contributed by atoms with E-state index in [4.69, 9.17) is 16.7 Å². The third-order valence-corrected chi connectivity index (χ3v) is 3.14. The second-order valence-electron chi connectivity index (χ2n) is 3.92. The third-order valence-electron chi connectivity index (χ3n) is 2.90. The van der Waals surface area contributed by atoms with Crippen molar-refractivity contribution in [1.82, 2.24) is 0 Å². The van der Waals surface area contributed by atoms with Crippen LogP contribution in [0.4, 0.5) is 0 Å². The van der Waals surface area contributed by atoms with Crippen LogP contribution in [0, 0.1) is 5.41 Å². The monoisotopic (exact) mass is 226 g/mol. The number of carboxylic acid groups (broad SMARTS) is 1. The molecule has 1 unspecified atom stereocenters. The number of carboxylic acids is 1. The van der Waals surface area contributed by atoms with E-state index < -0.39 is 17.5 Å². The standard InChI is InChI=1S/C11H11ClO3/c12-8-3-1-2-7(6-8)9(13)11(4-5-11)10(14)15/h1-3,6,9,13H,4-5H2,(H,14,15). The second kappa shape index (κ2) is 3.51. The van der Waals surface area contributed by atoms with Crippen molar-refractivity contribution in [3.63, 3.8) is 0 Å². The van der Waals surface area contributed by atoms with Gasteiger partial charge in [0.2, 0.25) is 0 Å². The largest absolute Gasteiger partial charge is 0.481 e. The van der Waals surface area contributed by atoms with Crippen LogP contribution in [0.2, 0.25) is 5.02 Å². The van der Waals surface area contributed by atoms with E-state index >= 15 is 0 Å². The zero-order valence-corrected chi connectivity index (χ0v) is 8.74. The summed E-state index contributed by atoms with van der Waals surface area (Å²) in [5.74, 6) is -0.935. The van der Waals surface area contributed by atoms with Gasteiger partial charge in [-0.2, -0.15) is 0 Å². The molecule has 1 saturated carbocycles. The van der Waals surface area contributed by atoms with Crippen molar-refractivity contribution in [1.29, 1.82) is 0 Å². The van der Waals surface area contributed by atoms with E-state index in [0.29, 0.717) is 23.4 Å². The highest BCUT2D eigenvalue weighted by molar-refractivity contribution is 6.30. The minimum absolute atomic E-state index is 0.507. The number of hydrogen-bond acceptors (Lipinski definition) is 2. The highest BCUT2D eigenvalue weighted by Gasteiger charge is 2.56. The van der Waals surface area contributed by atoms with Gasteiger partial charge in [-0.1, -0.05) is 23.7 Å². The molecule has 1 aliphatic rings. The molecule has 0 radical (unpaired) electrons. The second-order valence-corrected chi connectivity index (χ2v) is 4.36. The molecule has 4 heteroatoms. The van der Waals surface area contributed by atoms with Gasteiger partial charge in [0, 0.05) is 5.02 Å². The van der Waals surface area contributed by atoms with Gasteiger partial charge in [0.1, 0.15) is 0 Å². The molecule has 0 spiro atoms. The van der Waals surface area contributed by atoms with Crippen molar-refractivity contribution < 1.29 is 15.0 Å². The van der Waals surface area contributed by atoms with Crippen molar-refractivity contribution in [3.8, 4) is 0 Å². The maximum Gasteiger partial charge on any atom is 0.312 e. The fourth-order valence-electron chi connectivity index (χ4n) is 1.73. The van der Waals surface area contributed by atoms with Crippen LogP contribution >= 0.6 is 11.6 Å². The summed E-state index contributed by atoms with van der Waals surface area (Å²) >= 11 is 5.78. The predicted molar refractivity (Wildman–Crippen MR) is 55.7 cm³/mol. The first kappa shape index (κ1) is 10.5. The predicted octanol–water partition coefficient (Wildman–Crippen LogP) is 2.24. The Morgan fingerprint density at radius 1 is 1.47 bits per heavy atom. The summed E-state index contributed by atoms with van der Waals surface area (Å²) in [5.41, 5.74) is -0.410. The molecule has 0 saturated heterocycles. The Morgan fingerprint density at radius 3 is 2.60 bits per heavy atom. The molecule has 1 aliphatic carbocycles. The van der Waals surface area contributed by atoms with Crippen molar-refractivity contribution in [2.24, 2.45) is 5.41 Å². The van der Waals surface area contributed by atoms with Crippen molar-refractivity contribution >= 4 is 17.6 Å². The van der Waals surface area contributed by atoms with Gasteiger partial charge < -0.3 is 10.2 Å². The lowest BCUT2D eigenvalue weighted by Gasteiger charge is -2.18. The summed E-state index contributed by atoms with van der Waals surface area (Å²) in [4.78, 5) is 11.0. The Labute approximate surface area is 92.3 Å². The molecular weight excluding hydrogens is 216 g/mol. The summed E-state index contributed by atoms with van der Waals surface area (Å²) in [5, 5.41) is 19.5. The number of carbonyl (C=O) groups is 1. The van der Waals surface area contributed by atoms with Crippen molar-refractivity contribution in [2.75, 3.05) is 0 Å². The first-order valence-electron chi connectivity index (χ1n) is 4.73. The van der Waals surface area contributed by atoms with Crippen molar-refractivity contribution in [2.45, 2.75) is 18.9 Å². The highest BCUT2D eigenvalue weighted by Crippen LogP contribution is 2.55. The highest BCUT2D eigenvalue weighted by atomic mass is 35.5. The molecule has 0 amide bonds. The van der Waals surface area contributed by atoms with Crippen LogP contribution in [0.25, 0.3) is 0 Å². The maximum atomic E-state index is 11.0. The van der Waals surface area contributed by atoms with E-state index in [1.54, 1.807) is 24.3 Å². The fraction of sp³-hybridized carbons (Fsp3) is 0.364. The fourth-order valence-corrected chi connectivity index (χ4v) is 1.93. The lowest BCUT2D eigenvalue weighted by molar-refractivity contribution is -0.148. The Balaban J connectivity index is 2.29. The molecule has 1 aromatic rings. The van der Waals surface area contributed by atoms with E-state index in [9.17, 15) is 9.90 Å². The summed E-state index contributed by atoms with van der Waals surface area (Å²) in [6.07, 6.45) is 0.0835. The molecule has 0 aliphatic heterocycles. The van der Waals surface area contributed by atoms with Gasteiger partial charge >= 0.3 is 5.97 Å². The Kier molecular flexibility index (Phi) is 2.44. The third kappa shape index (κ3) is 1.73. The number of rotatable bonds is 3. The minimum atomic E-state index is -0.981. The zero-order valence-electron chi connectivity index (χ0n) is 7.98. The van der Waals surface area contributed by atoms with Crippen molar-refractivity contribution in [3.05, 3.63) is 34.9 Å². The van der Waals surface area contributed by atoms with E-state index in [2.05, 4.69) is 0 Å². The number of hydrogen-bond donors (Lipinski definition) is 2. The van der Waals surface area contributed by atoms with Gasteiger partial charge in [-0.3, -0.25) is 4.79 Å². The van der Waals surface area contributed by atoms with E-state index in [1.807, 2.05) is 0 Å². The average Bonchev–Trinajstić information content (AvgIpc) is 2.97. The normalized spacial score (nSPS) is 19.6. The molecule has 0 heterocycles. The van der Waals surface area contributed by atoms with Crippen LogP contribution in [0.15, 0.2) is 24.3 Å². The summed E-state index contributed by atoms with van der Waals surface area (Å²) in [6, 6.07) is 6.70. The van der Waals surface area contributed by atoms with Crippen LogP contribution in [-0.4, -0.2) is 16.2 Å². The Hall–Kier alpha value is -1.06. The van der Waals surface area contributed by atoms with Crippen LogP contribution in [0.5, 0.6) is 0 Å². The molecule has 3 nitrogen and oxygen atoms in total. The molecule has 80 valence electrons. The Morgan fingerprint density at radius 2 is 2.13 bits per heavy atom. The molecule has 15 heavy (non-hydrogen) atoms. The van der Waals surface area contributed by atoms with Gasteiger partial charge in [-0.15, -0.1) is 0 Å². The first-order valence-corrected chi connectivity index (χ1v) is 5.11. The smallest absolute Gasteiger partial charge is 0.312 e. The molecule has 2 rings (SSSR count). The number of aliphatic carboxylic acids is 1. The SMILES string of the molecule is O=C(O)C1(C(O)c2cccc(Cl)c2)CC1. The van der Waals surface area contributed by atoms with Crippen LogP contribution < -0.4 is 0 Å². The van der Waals surface area contributed by atoms with Gasteiger partial charge in [-0.05, 0) is 30.5 Å². The molecule has 1 fully saturated rings. The average molecular weight is 227 g/mol. The summed E-state index contributed by atoms with van der Waals surface area (Å²) < 4.78 is 0.